The van der Waals surface area contributed by atoms with Crippen LogP contribution in [0.15, 0.2) is 36.7 Å². The summed E-state index contributed by atoms with van der Waals surface area (Å²) in [5.74, 6) is 0.872. The third-order valence-electron chi connectivity index (χ3n) is 2.59. The molecule has 0 radical (unpaired) electrons. The van der Waals surface area contributed by atoms with Crippen molar-refractivity contribution in [1.82, 2.24) is 9.55 Å². The van der Waals surface area contributed by atoms with Gasteiger partial charge in [-0.15, -0.1) is 0 Å². The Bertz CT molecular complexity index is 519. The number of imidazole rings is 1. The van der Waals surface area contributed by atoms with Gasteiger partial charge in [0.25, 0.3) is 0 Å². The Morgan fingerprint density at radius 2 is 2.12 bits per heavy atom. The van der Waals surface area contributed by atoms with E-state index in [0.717, 1.165) is 18.1 Å². The average molecular weight is 226 g/mol. The molecule has 0 aliphatic heterocycles. The van der Waals surface area contributed by atoms with E-state index in [9.17, 15) is 0 Å². The van der Waals surface area contributed by atoms with Crippen LogP contribution in [0.3, 0.4) is 0 Å². The standard InChI is InChI=1S/C13H14N4/c1-2-17-8-7-15-13(17)16-10-12-5-3-11(9-14)4-6-12/h3-8H,2,10H2,1H3,(H,15,16). The minimum absolute atomic E-state index is 0.684. The molecule has 86 valence electrons. The van der Waals surface area contributed by atoms with Crippen LogP contribution in [-0.2, 0) is 13.1 Å². The van der Waals surface area contributed by atoms with E-state index in [1.54, 1.807) is 6.20 Å². The summed E-state index contributed by atoms with van der Waals surface area (Å²) in [6, 6.07) is 9.65. The smallest absolute Gasteiger partial charge is 0.203 e. The maximum absolute atomic E-state index is 8.70. The summed E-state index contributed by atoms with van der Waals surface area (Å²) in [6.45, 7) is 3.69. The number of nitrogens with one attached hydrogen (secondary N) is 1. The zero-order valence-electron chi connectivity index (χ0n) is 9.72. The van der Waals surface area contributed by atoms with Gasteiger partial charge in [0.05, 0.1) is 11.6 Å². The lowest BCUT2D eigenvalue weighted by Gasteiger charge is -2.07. The molecule has 17 heavy (non-hydrogen) atoms. The van der Waals surface area contributed by atoms with Crippen LogP contribution >= 0.6 is 0 Å². The lowest BCUT2D eigenvalue weighted by molar-refractivity contribution is 0.763. The number of hydrogen-bond donors (Lipinski definition) is 1. The fraction of sp³-hybridized carbons (Fsp3) is 0.231. The second kappa shape index (κ2) is 5.17. The van der Waals surface area contributed by atoms with Crippen molar-refractivity contribution in [2.24, 2.45) is 0 Å². The van der Waals surface area contributed by atoms with Gasteiger partial charge >= 0.3 is 0 Å². The summed E-state index contributed by atoms with van der Waals surface area (Å²) in [4.78, 5) is 4.24. The maximum atomic E-state index is 8.70. The molecule has 0 fully saturated rings. The summed E-state index contributed by atoms with van der Waals surface area (Å²) in [7, 11) is 0. The molecular formula is C13H14N4. The number of aryl methyl sites for hydroxylation is 1. The van der Waals surface area contributed by atoms with Crippen LogP contribution in [0.25, 0.3) is 0 Å². The van der Waals surface area contributed by atoms with E-state index in [0.29, 0.717) is 12.1 Å². The Morgan fingerprint density at radius 1 is 1.35 bits per heavy atom. The first kappa shape index (κ1) is 11.2. The highest BCUT2D eigenvalue weighted by molar-refractivity contribution is 5.34. The molecule has 2 rings (SSSR count). The van der Waals surface area contributed by atoms with Gasteiger partial charge in [0.2, 0.25) is 5.95 Å². The molecule has 1 aromatic carbocycles. The van der Waals surface area contributed by atoms with E-state index in [4.69, 9.17) is 5.26 Å². The van der Waals surface area contributed by atoms with Crippen molar-refractivity contribution >= 4 is 5.95 Å². The number of aromatic nitrogens is 2. The van der Waals surface area contributed by atoms with E-state index in [-0.39, 0.29) is 0 Å². The maximum Gasteiger partial charge on any atom is 0.203 e. The topological polar surface area (TPSA) is 53.6 Å². The zero-order valence-corrected chi connectivity index (χ0v) is 9.72. The lowest BCUT2D eigenvalue weighted by atomic mass is 10.1. The molecule has 0 bridgehead atoms. The number of hydrogen-bond acceptors (Lipinski definition) is 3. The molecule has 0 aliphatic rings. The molecule has 1 aromatic heterocycles. The normalized spacial score (nSPS) is 9.88. The van der Waals surface area contributed by atoms with Crippen LogP contribution < -0.4 is 5.32 Å². The van der Waals surface area contributed by atoms with Crippen molar-refractivity contribution < 1.29 is 0 Å². The molecule has 0 aliphatic carbocycles. The fourth-order valence-corrected chi connectivity index (χ4v) is 1.61. The van der Waals surface area contributed by atoms with Crippen LogP contribution in [0.5, 0.6) is 0 Å². The monoisotopic (exact) mass is 226 g/mol. The van der Waals surface area contributed by atoms with E-state index in [1.165, 1.54) is 0 Å². The molecule has 2 aromatic rings. The third kappa shape index (κ3) is 2.64. The first-order valence-corrected chi connectivity index (χ1v) is 5.57. The first-order chi connectivity index (χ1) is 8.33. The van der Waals surface area contributed by atoms with Gasteiger partial charge in [0.15, 0.2) is 0 Å². The van der Waals surface area contributed by atoms with Crippen LogP contribution in [0.2, 0.25) is 0 Å². The van der Waals surface area contributed by atoms with Crippen LogP contribution in [0.4, 0.5) is 5.95 Å². The van der Waals surface area contributed by atoms with Crippen molar-refractivity contribution in [2.75, 3.05) is 5.32 Å². The van der Waals surface area contributed by atoms with Crippen molar-refractivity contribution in [1.29, 1.82) is 5.26 Å². The molecule has 1 heterocycles. The van der Waals surface area contributed by atoms with Crippen molar-refractivity contribution in [3.63, 3.8) is 0 Å². The summed E-state index contributed by atoms with van der Waals surface area (Å²) in [6.07, 6.45) is 3.73. The molecule has 0 spiro atoms. The van der Waals surface area contributed by atoms with E-state index < -0.39 is 0 Å². The summed E-state index contributed by atoms with van der Waals surface area (Å²) in [5.41, 5.74) is 1.82. The summed E-state index contributed by atoms with van der Waals surface area (Å²) >= 11 is 0. The van der Waals surface area contributed by atoms with Gasteiger partial charge < -0.3 is 9.88 Å². The van der Waals surface area contributed by atoms with Crippen LogP contribution in [-0.4, -0.2) is 9.55 Å². The number of anilines is 1. The molecule has 0 amide bonds. The molecular weight excluding hydrogens is 212 g/mol. The first-order valence-electron chi connectivity index (χ1n) is 5.57. The van der Waals surface area contributed by atoms with Crippen molar-refractivity contribution in [3.8, 4) is 6.07 Å². The van der Waals surface area contributed by atoms with Crippen LogP contribution in [0.1, 0.15) is 18.1 Å². The molecule has 0 atom stereocenters. The minimum Gasteiger partial charge on any atom is -0.352 e. The van der Waals surface area contributed by atoms with E-state index >= 15 is 0 Å². The highest BCUT2D eigenvalue weighted by atomic mass is 15.2. The number of nitriles is 1. The fourth-order valence-electron chi connectivity index (χ4n) is 1.61. The Kier molecular flexibility index (Phi) is 3.41. The zero-order chi connectivity index (χ0) is 12.1. The average Bonchev–Trinajstić information content (AvgIpc) is 2.84. The number of benzene rings is 1. The minimum atomic E-state index is 0.684. The predicted octanol–water partition coefficient (Wildman–Crippen LogP) is 2.39. The van der Waals surface area contributed by atoms with Gasteiger partial charge in [-0.1, -0.05) is 12.1 Å². The third-order valence-corrected chi connectivity index (χ3v) is 2.59. The van der Waals surface area contributed by atoms with Gasteiger partial charge in [-0.2, -0.15) is 5.26 Å². The second-order valence-corrected chi connectivity index (χ2v) is 3.70. The predicted molar refractivity (Wildman–Crippen MR) is 66.4 cm³/mol. The largest absolute Gasteiger partial charge is 0.352 e. The van der Waals surface area contributed by atoms with Crippen molar-refractivity contribution in [2.45, 2.75) is 20.0 Å². The van der Waals surface area contributed by atoms with Gasteiger partial charge in [-0.05, 0) is 24.6 Å². The Morgan fingerprint density at radius 3 is 2.76 bits per heavy atom. The number of rotatable bonds is 4. The Balaban J connectivity index is 2.00. The Hall–Kier alpha value is -2.28. The van der Waals surface area contributed by atoms with Gasteiger partial charge in [-0.3, -0.25) is 0 Å². The van der Waals surface area contributed by atoms with E-state index in [2.05, 4.69) is 23.3 Å². The van der Waals surface area contributed by atoms with Crippen LogP contribution in [0, 0.1) is 11.3 Å². The van der Waals surface area contributed by atoms with Crippen molar-refractivity contribution in [3.05, 3.63) is 47.8 Å². The molecule has 0 saturated heterocycles. The molecule has 4 heteroatoms. The Labute approximate surface area is 101 Å². The second-order valence-electron chi connectivity index (χ2n) is 3.70. The molecule has 4 nitrogen and oxygen atoms in total. The SMILES string of the molecule is CCn1ccnc1NCc1ccc(C#N)cc1. The summed E-state index contributed by atoms with van der Waals surface area (Å²) in [5, 5.41) is 12.0. The number of nitrogens with zero attached hydrogens (tertiary/aromatic N) is 3. The molecule has 0 saturated carbocycles. The van der Waals surface area contributed by atoms with Gasteiger partial charge in [-0.25, -0.2) is 4.98 Å². The van der Waals surface area contributed by atoms with Gasteiger partial charge in [0, 0.05) is 25.5 Å². The molecule has 0 unspecified atom stereocenters. The molecule has 1 N–H and O–H groups in total. The van der Waals surface area contributed by atoms with E-state index in [1.807, 2.05) is 35.0 Å². The highest BCUT2D eigenvalue weighted by Gasteiger charge is 2.00. The summed E-state index contributed by atoms with van der Waals surface area (Å²) < 4.78 is 2.05. The lowest BCUT2D eigenvalue weighted by Crippen LogP contribution is -2.06. The highest BCUT2D eigenvalue weighted by Crippen LogP contribution is 2.08. The van der Waals surface area contributed by atoms with Gasteiger partial charge in [0.1, 0.15) is 0 Å². The quantitative estimate of drug-likeness (QED) is 0.870.